The van der Waals surface area contributed by atoms with E-state index in [9.17, 15) is 22.8 Å². The predicted octanol–water partition coefficient (Wildman–Crippen LogP) is 5.45. The molecule has 2 aromatic carbocycles. The van der Waals surface area contributed by atoms with Crippen LogP contribution in [0.5, 0.6) is 5.75 Å². The van der Waals surface area contributed by atoms with Gasteiger partial charge >= 0.3 is 12.1 Å². The van der Waals surface area contributed by atoms with E-state index >= 15 is 0 Å². The summed E-state index contributed by atoms with van der Waals surface area (Å²) >= 11 is 0. The molecule has 168 valence electrons. The van der Waals surface area contributed by atoms with Crippen molar-refractivity contribution in [3.05, 3.63) is 64.7 Å². The largest absolute Gasteiger partial charge is 0.493 e. The quantitative estimate of drug-likeness (QED) is 0.504. The first kappa shape index (κ1) is 21.9. The number of alkyl halides is 3. The van der Waals surface area contributed by atoms with E-state index in [2.05, 4.69) is 5.32 Å². The number of amides is 1. The van der Waals surface area contributed by atoms with E-state index in [1.165, 1.54) is 19.1 Å². The second-order valence-electron chi connectivity index (χ2n) is 7.83. The molecule has 4 rings (SSSR count). The van der Waals surface area contributed by atoms with Crippen LogP contribution in [0.4, 0.5) is 18.9 Å². The van der Waals surface area contributed by atoms with E-state index in [-0.39, 0.29) is 30.3 Å². The highest BCUT2D eigenvalue weighted by atomic mass is 19.4. The summed E-state index contributed by atoms with van der Waals surface area (Å²) in [7, 11) is 0. The van der Waals surface area contributed by atoms with E-state index in [1.807, 2.05) is 6.07 Å². The van der Waals surface area contributed by atoms with Crippen LogP contribution in [-0.2, 0) is 26.9 Å². The highest BCUT2D eigenvalue weighted by Crippen LogP contribution is 2.39. The number of benzene rings is 2. The van der Waals surface area contributed by atoms with Crippen molar-refractivity contribution in [2.24, 2.45) is 0 Å². The van der Waals surface area contributed by atoms with Gasteiger partial charge in [-0.1, -0.05) is 18.2 Å². The van der Waals surface area contributed by atoms with Crippen molar-refractivity contribution >= 4 is 23.1 Å². The fraction of sp³-hybridized carbons (Fsp3) is 0.333. The number of esters is 1. The van der Waals surface area contributed by atoms with Gasteiger partial charge in [0.05, 0.1) is 12.2 Å². The van der Waals surface area contributed by atoms with E-state index in [4.69, 9.17) is 9.47 Å². The molecular weight excluding hydrogens is 423 g/mol. The third-order valence-corrected chi connectivity index (χ3v) is 5.59. The van der Waals surface area contributed by atoms with Gasteiger partial charge in [-0.2, -0.15) is 13.2 Å². The van der Waals surface area contributed by atoms with E-state index < -0.39 is 11.7 Å². The standard InChI is InChI=1S/C24H22F3NO4/c1-14(29)32-21-10-9-18-19(21)5-2-6-20(18)28-23(30)12-15-4-3-11-31-22-13-16(24(25,26)27)7-8-17(15)22/h2,5-8,12-13,21H,3-4,9-11H2,1H3,(H,28,30). The topological polar surface area (TPSA) is 64.6 Å². The molecule has 1 atom stereocenters. The third-order valence-electron chi connectivity index (χ3n) is 5.59. The molecule has 2 aromatic rings. The van der Waals surface area contributed by atoms with Crippen molar-refractivity contribution < 1.29 is 32.2 Å². The van der Waals surface area contributed by atoms with Crippen LogP contribution in [0.2, 0.25) is 0 Å². The number of ether oxygens (including phenoxy) is 2. The second-order valence-corrected chi connectivity index (χ2v) is 7.83. The molecule has 0 aromatic heterocycles. The lowest BCUT2D eigenvalue weighted by atomic mass is 9.99. The summed E-state index contributed by atoms with van der Waals surface area (Å²) in [4.78, 5) is 24.1. The number of anilines is 1. The average Bonchev–Trinajstić information content (AvgIpc) is 3.01. The van der Waals surface area contributed by atoms with Gasteiger partial charge in [0.1, 0.15) is 11.9 Å². The molecule has 5 nitrogen and oxygen atoms in total. The van der Waals surface area contributed by atoms with E-state index in [0.29, 0.717) is 42.5 Å². The normalized spacial score (nSPS) is 18.9. The molecule has 2 aliphatic rings. The zero-order chi connectivity index (χ0) is 22.9. The summed E-state index contributed by atoms with van der Waals surface area (Å²) in [6, 6.07) is 8.78. The van der Waals surface area contributed by atoms with Crippen LogP contribution in [0, 0.1) is 0 Å². The highest BCUT2D eigenvalue weighted by molar-refractivity contribution is 6.05. The zero-order valence-corrected chi connectivity index (χ0v) is 17.4. The average molecular weight is 445 g/mol. The predicted molar refractivity (Wildman–Crippen MR) is 112 cm³/mol. The second kappa shape index (κ2) is 8.68. The Bertz CT molecular complexity index is 1090. The van der Waals surface area contributed by atoms with Gasteiger partial charge in [-0.25, -0.2) is 0 Å². The van der Waals surface area contributed by atoms with Gasteiger partial charge in [0.15, 0.2) is 0 Å². The zero-order valence-electron chi connectivity index (χ0n) is 17.4. The first-order valence-corrected chi connectivity index (χ1v) is 10.4. The fourth-order valence-electron chi connectivity index (χ4n) is 4.20. The fourth-order valence-corrected chi connectivity index (χ4v) is 4.20. The minimum atomic E-state index is -4.47. The van der Waals surface area contributed by atoms with Crippen LogP contribution in [0.3, 0.4) is 0 Å². The summed E-state index contributed by atoms with van der Waals surface area (Å²) in [5.74, 6) is -0.608. The van der Waals surface area contributed by atoms with Crippen molar-refractivity contribution in [1.82, 2.24) is 0 Å². The third kappa shape index (κ3) is 4.64. The van der Waals surface area contributed by atoms with Crippen LogP contribution in [0.15, 0.2) is 42.5 Å². The van der Waals surface area contributed by atoms with Crippen molar-refractivity contribution in [1.29, 1.82) is 0 Å². The Morgan fingerprint density at radius 3 is 2.75 bits per heavy atom. The van der Waals surface area contributed by atoms with Crippen LogP contribution in [-0.4, -0.2) is 18.5 Å². The number of nitrogens with one attached hydrogen (secondary N) is 1. The number of carbonyl (C=O) groups is 2. The lowest BCUT2D eigenvalue weighted by Crippen LogP contribution is -2.11. The Morgan fingerprint density at radius 1 is 1.19 bits per heavy atom. The maximum Gasteiger partial charge on any atom is 0.416 e. The molecule has 8 heteroatoms. The van der Waals surface area contributed by atoms with Gasteiger partial charge in [-0.3, -0.25) is 9.59 Å². The molecule has 32 heavy (non-hydrogen) atoms. The van der Waals surface area contributed by atoms with E-state index in [0.717, 1.165) is 23.3 Å². The summed E-state index contributed by atoms with van der Waals surface area (Å²) in [6.45, 7) is 1.64. The lowest BCUT2D eigenvalue weighted by molar-refractivity contribution is -0.146. The molecule has 0 radical (unpaired) electrons. The maximum absolute atomic E-state index is 13.1. The Hall–Kier alpha value is -3.29. The highest BCUT2D eigenvalue weighted by Gasteiger charge is 2.32. The van der Waals surface area contributed by atoms with Gasteiger partial charge in [0.25, 0.3) is 0 Å². The maximum atomic E-state index is 13.1. The Morgan fingerprint density at radius 2 is 2.00 bits per heavy atom. The molecule has 1 heterocycles. The van der Waals surface area contributed by atoms with Crippen molar-refractivity contribution in [2.75, 3.05) is 11.9 Å². The molecule has 1 unspecified atom stereocenters. The number of hydrogen-bond donors (Lipinski definition) is 1. The van der Waals surface area contributed by atoms with Gasteiger partial charge < -0.3 is 14.8 Å². The molecular formula is C24H22F3NO4. The van der Waals surface area contributed by atoms with Crippen molar-refractivity contribution in [3.8, 4) is 5.75 Å². The molecule has 0 fully saturated rings. The first-order valence-electron chi connectivity index (χ1n) is 10.4. The first-order chi connectivity index (χ1) is 15.2. The minimum absolute atomic E-state index is 0.126. The van der Waals surface area contributed by atoms with Crippen LogP contribution in [0.1, 0.15) is 54.5 Å². The molecule has 1 amide bonds. The lowest BCUT2D eigenvalue weighted by Gasteiger charge is -2.14. The van der Waals surface area contributed by atoms with Crippen molar-refractivity contribution in [2.45, 2.75) is 44.9 Å². The molecule has 0 spiro atoms. The SMILES string of the molecule is CC(=O)OC1CCc2c(NC(=O)C=C3CCCOc4cc(C(F)(F)F)ccc43)cccc21. The van der Waals surface area contributed by atoms with Gasteiger partial charge in [0.2, 0.25) is 5.91 Å². The molecule has 0 saturated heterocycles. The number of rotatable bonds is 3. The number of fused-ring (bicyclic) bond motifs is 2. The Kier molecular flexibility index (Phi) is 5.95. The minimum Gasteiger partial charge on any atom is -0.493 e. The van der Waals surface area contributed by atoms with Crippen LogP contribution < -0.4 is 10.1 Å². The Labute approximate surface area is 183 Å². The smallest absolute Gasteiger partial charge is 0.416 e. The summed E-state index contributed by atoms with van der Waals surface area (Å²) in [6.07, 6.45) is -0.978. The molecule has 1 N–H and O–H groups in total. The van der Waals surface area contributed by atoms with Gasteiger partial charge in [0, 0.05) is 24.3 Å². The van der Waals surface area contributed by atoms with Crippen LogP contribution in [0.25, 0.3) is 5.57 Å². The van der Waals surface area contributed by atoms with Crippen LogP contribution >= 0.6 is 0 Å². The van der Waals surface area contributed by atoms with E-state index in [1.54, 1.807) is 12.1 Å². The molecule has 0 saturated carbocycles. The molecule has 1 aliphatic heterocycles. The number of carbonyl (C=O) groups excluding carboxylic acids is 2. The number of halogens is 3. The van der Waals surface area contributed by atoms with Gasteiger partial charge in [-0.15, -0.1) is 0 Å². The molecule has 0 bridgehead atoms. The summed E-state index contributed by atoms with van der Waals surface area (Å²) in [5.41, 5.74) is 2.75. The summed E-state index contributed by atoms with van der Waals surface area (Å²) in [5, 5.41) is 2.87. The molecule has 1 aliphatic carbocycles. The van der Waals surface area contributed by atoms with Crippen molar-refractivity contribution in [3.63, 3.8) is 0 Å². The Balaban J connectivity index is 1.58. The number of hydrogen-bond acceptors (Lipinski definition) is 4. The van der Waals surface area contributed by atoms with Gasteiger partial charge in [-0.05, 0) is 60.6 Å². The summed E-state index contributed by atoms with van der Waals surface area (Å²) < 4.78 is 50.0. The number of allylic oxidation sites excluding steroid dienone is 1. The monoisotopic (exact) mass is 445 g/mol.